The van der Waals surface area contributed by atoms with Crippen molar-refractivity contribution in [3.05, 3.63) is 56.5 Å². The van der Waals surface area contributed by atoms with Gasteiger partial charge in [-0.1, -0.05) is 30.3 Å². The van der Waals surface area contributed by atoms with Gasteiger partial charge in [-0.05, 0) is 34.7 Å². The maximum atomic E-state index is 11.2. The molecule has 1 aromatic carbocycles. The number of halogens is 1. The van der Waals surface area contributed by atoms with E-state index in [-0.39, 0.29) is 5.63 Å². The van der Waals surface area contributed by atoms with Crippen LogP contribution in [0, 0.1) is 3.57 Å². The maximum absolute atomic E-state index is 11.2. The molecule has 0 aliphatic heterocycles. The molecule has 70 valence electrons. The normalized spacial score (nSPS) is 10.1. The van der Waals surface area contributed by atoms with Crippen molar-refractivity contribution in [3.8, 4) is 11.3 Å². The SMILES string of the molecule is O=c1oc(-c2ccccc2)ccc1I. The largest absolute Gasteiger partial charge is 0.422 e. The monoisotopic (exact) mass is 298 g/mol. The zero-order valence-corrected chi connectivity index (χ0v) is 9.39. The van der Waals surface area contributed by atoms with Gasteiger partial charge in [0, 0.05) is 5.56 Å². The summed E-state index contributed by atoms with van der Waals surface area (Å²) in [6, 6.07) is 13.1. The fourth-order valence-corrected chi connectivity index (χ4v) is 1.45. The van der Waals surface area contributed by atoms with E-state index in [1.54, 1.807) is 12.1 Å². The summed E-state index contributed by atoms with van der Waals surface area (Å²) < 4.78 is 5.73. The van der Waals surface area contributed by atoms with E-state index in [0.29, 0.717) is 9.33 Å². The van der Waals surface area contributed by atoms with Crippen molar-refractivity contribution in [3.63, 3.8) is 0 Å². The Bertz CT molecular complexity index is 488. The molecule has 0 N–H and O–H groups in total. The van der Waals surface area contributed by atoms with E-state index in [2.05, 4.69) is 0 Å². The van der Waals surface area contributed by atoms with Crippen LogP contribution in [0.3, 0.4) is 0 Å². The lowest BCUT2D eigenvalue weighted by Crippen LogP contribution is -2.02. The summed E-state index contributed by atoms with van der Waals surface area (Å²) in [6.45, 7) is 0. The molecule has 2 rings (SSSR count). The van der Waals surface area contributed by atoms with Crippen LogP contribution in [0.4, 0.5) is 0 Å². The van der Waals surface area contributed by atoms with E-state index in [1.807, 2.05) is 52.9 Å². The highest BCUT2D eigenvalue weighted by Crippen LogP contribution is 2.17. The Morgan fingerprint density at radius 2 is 1.71 bits per heavy atom. The summed E-state index contributed by atoms with van der Waals surface area (Å²) in [4.78, 5) is 11.2. The average Bonchev–Trinajstić information content (AvgIpc) is 2.23. The van der Waals surface area contributed by atoms with Crippen molar-refractivity contribution in [2.75, 3.05) is 0 Å². The standard InChI is InChI=1S/C11H7IO2/c12-9-6-7-10(14-11(9)13)8-4-2-1-3-5-8/h1-7H. The van der Waals surface area contributed by atoms with Crippen LogP contribution >= 0.6 is 22.6 Å². The Hall–Kier alpha value is -1.10. The van der Waals surface area contributed by atoms with Crippen LogP contribution in [0.25, 0.3) is 11.3 Å². The summed E-state index contributed by atoms with van der Waals surface area (Å²) >= 11 is 1.95. The molecule has 0 aliphatic rings. The van der Waals surface area contributed by atoms with E-state index in [9.17, 15) is 4.79 Å². The minimum atomic E-state index is -0.285. The summed E-state index contributed by atoms with van der Waals surface area (Å²) in [5, 5.41) is 0. The first-order valence-corrected chi connectivity index (χ1v) is 5.20. The van der Waals surface area contributed by atoms with Gasteiger partial charge in [0.2, 0.25) is 0 Å². The molecule has 0 fully saturated rings. The molecule has 0 amide bonds. The van der Waals surface area contributed by atoms with Crippen LogP contribution in [-0.4, -0.2) is 0 Å². The van der Waals surface area contributed by atoms with Crippen molar-refractivity contribution >= 4 is 22.6 Å². The van der Waals surface area contributed by atoms with Crippen molar-refractivity contribution in [1.29, 1.82) is 0 Å². The average molecular weight is 298 g/mol. The summed E-state index contributed by atoms with van der Waals surface area (Å²) in [5.74, 6) is 0.607. The zero-order valence-electron chi connectivity index (χ0n) is 7.24. The fourth-order valence-electron chi connectivity index (χ4n) is 1.16. The lowest BCUT2D eigenvalue weighted by atomic mass is 10.2. The molecule has 0 unspecified atom stereocenters. The van der Waals surface area contributed by atoms with E-state index >= 15 is 0 Å². The smallest absolute Gasteiger partial charge is 0.349 e. The van der Waals surface area contributed by atoms with Crippen molar-refractivity contribution in [1.82, 2.24) is 0 Å². The third kappa shape index (κ3) is 1.87. The first kappa shape index (κ1) is 9.45. The van der Waals surface area contributed by atoms with Gasteiger partial charge in [0.25, 0.3) is 0 Å². The molecule has 0 saturated carbocycles. The second kappa shape index (κ2) is 3.96. The molecule has 14 heavy (non-hydrogen) atoms. The van der Waals surface area contributed by atoms with Crippen LogP contribution < -0.4 is 5.63 Å². The molecular formula is C11H7IO2. The molecule has 0 aliphatic carbocycles. The van der Waals surface area contributed by atoms with Gasteiger partial charge in [-0.2, -0.15) is 0 Å². The molecule has 0 atom stereocenters. The maximum Gasteiger partial charge on any atom is 0.349 e. The quantitative estimate of drug-likeness (QED) is 0.758. The molecule has 1 aromatic heterocycles. The first-order chi connectivity index (χ1) is 6.77. The van der Waals surface area contributed by atoms with Gasteiger partial charge < -0.3 is 4.42 Å². The summed E-state index contributed by atoms with van der Waals surface area (Å²) in [5.41, 5.74) is 0.632. The molecule has 2 nitrogen and oxygen atoms in total. The van der Waals surface area contributed by atoms with Gasteiger partial charge in [0.1, 0.15) is 5.76 Å². The minimum Gasteiger partial charge on any atom is -0.422 e. The minimum absolute atomic E-state index is 0.285. The number of benzene rings is 1. The van der Waals surface area contributed by atoms with Crippen LogP contribution in [-0.2, 0) is 0 Å². The van der Waals surface area contributed by atoms with Gasteiger partial charge in [-0.15, -0.1) is 0 Å². The summed E-state index contributed by atoms with van der Waals surface area (Å²) in [7, 11) is 0. The van der Waals surface area contributed by atoms with E-state index in [1.165, 1.54) is 0 Å². The third-order valence-corrected chi connectivity index (χ3v) is 2.64. The van der Waals surface area contributed by atoms with E-state index < -0.39 is 0 Å². The molecule has 0 radical (unpaired) electrons. The molecule has 1 heterocycles. The van der Waals surface area contributed by atoms with Gasteiger partial charge in [-0.25, -0.2) is 4.79 Å². The Morgan fingerprint density at radius 1 is 1.00 bits per heavy atom. The molecule has 3 heteroatoms. The van der Waals surface area contributed by atoms with Crippen LogP contribution in [0.1, 0.15) is 0 Å². The third-order valence-electron chi connectivity index (χ3n) is 1.84. The highest BCUT2D eigenvalue weighted by molar-refractivity contribution is 14.1. The fraction of sp³-hybridized carbons (Fsp3) is 0. The Balaban J connectivity index is 2.54. The second-order valence-electron chi connectivity index (χ2n) is 2.80. The highest BCUT2D eigenvalue weighted by atomic mass is 127. The molecule has 0 saturated heterocycles. The Morgan fingerprint density at radius 3 is 2.36 bits per heavy atom. The Kier molecular flexibility index (Phi) is 2.67. The van der Waals surface area contributed by atoms with Gasteiger partial charge >= 0.3 is 5.63 Å². The lowest BCUT2D eigenvalue weighted by Gasteiger charge is -1.98. The molecule has 0 bridgehead atoms. The topological polar surface area (TPSA) is 30.2 Å². The second-order valence-corrected chi connectivity index (χ2v) is 3.96. The van der Waals surface area contributed by atoms with Gasteiger partial charge in [-0.3, -0.25) is 0 Å². The van der Waals surface area contributed by atoms with Gasteiger partial charge in [0.05, 0.1) is 3.57 Å². The van der Waals surface area contributed by atoms with Crippen molar-refractivity contribution in [2.24, 2.45) is 0 Å². The highest BCUT2D eigenvalue weighted by Gasteiger charge is 2.02. The predicted octanol–water partition coefficient (Wildman–Crippen LogP) is 2.91. The Labute approximate surface area is 94.7 Å². The molecular weight excluding hydrogens is 291 g/mol. The number of hydrogen-bond donors (Lipinski definition) is 0. The van der Waals surface area contributed by atoms with Gasteiger partial charge in [0.15, 0.2) is 0 Å². The van der Waals surface area contributed by atoms with E-state index in [0.717, 1.165) is 5.56 Å². The number of rotatable bonds is 1. The predicted molar refractivity (Wildman–Crippen MR) is 63.1 cm³/mol. The zero-order chi connectivity index (χ0) is 9.97. The number of hydrogen-bond acceptors (Lipinski definition) is 2. The van der Waals surface area contributed by atoms with Crippen LogP contribution in [0.5, 0.6) is 0 Å². The van der Waals surface area contributed by atoms with Crippen molar-refractivity contribution in [2.45, 2.75) is 0 Å². The lowest BCUT2D eigenvalue weighted by molar-refractivity contribution is 0.521. The van der Waals surface area contributed by atoms with Crippen molar-refractivity contribution < 1.29 is 4.42 Å². The first-order valence-electron chi connectivity index (χ1n) is 4.12. The van der Waals surface area contributed by atoms with Crippen LogP contribution in [0.2, 0.25) is 0 Å². The summed E-state index contributed by atoms with van der Waals surface area (Å²) in [6.07, 6.45) is 0. The van der Waals surface area contributed by atoms with Crippen LogP contribution in [0.15, 0.2) is 51.7 Å². The van der Waals surface area contributed by atoms with E-state index in [4.69, 9.17) is 4.42 Å². The molecule has 0 spiro atoms. The molecule has 2 aromatic rings.